The Balaban J connectivity index is 2.13. The van der Waals surface area contributed by atoms with Crippen molar-refractivity contribution in [2.45, 2.75) is 16.6 Å². The molecule has 1 atom stereocenters. The second-order valence-corrected chi connectivity index (χ2v) is 6.36. The summed E-state index contributed by atoms with van der Waals surface area (Å²) in [5.74, 6) is 0.235. The second-order valence-electron chi connectivity index (χ2n) is 2.46. The van der Waals surface area contributed by atoms with Crippen LogP contribution < -0.4 is 0 Å². The summed E-state index contributed by atoms with van der Waals surface area (Å²) in [7, 11) is 0. The minimum absolute atomic E-state index is 0.0510. The number of alkyl halides is 2. The van der Waals surface area contributed by atoms with Gasteiger partial charge in [-0.1, -0.05) is 31.9 Å². The molecule has 10 heavy (non-hydrogen) atoms. The Morgan fingerprint density at radius 2 is 2.30 bits per heavy atom. The van der Waals surface area contributed by atoms with Crippen molar-refractivity contribution in [3.8, 4) is 0 Å². The number of carbonyl (C=O) groups is 1. The van der Waals surface area contributed by atoms with Crippen LogP contribution in [0.2, 0.25) is 0 Å². The van der Waals surface area contributed by atoms with Crippen LogP contribution in [-0.4, -0.2) is 15.8 Å². The zero-order valence-electron chi connectivity index (χ0n) is 5.56. The van der Waals surface area contributed by atoms with Crippen LogP contribution in [0.5, 0.6) is 0 Å². The van der Waals surface area contributed by atoms with Crippen molar-refractivity contribution in [3.05, 3.63) is 0 Å². The Bertz CT molecular complexity index is 156. The first-order chi connectivity index (χ1) is 4.52. The molecule has 0 saturated heterocycles. The molecular formula is C6H8Br2O2. The Hall–Kier alpha value is 0.430. The molecule has 0 aliphatic heterocycles. The van der Waals surface area contributed by atoms with Crippen molar-refractivity contribution in [1.82, 2.24) is 0 Å². The molecule has 0 N–H and O–H groups in total. The highest BCUT2D eigenvalue weighted by molar-refractivity contribution is 9.25. The average molecular weight is 272 g/mol. The molecule has 1 fully saturated rings. The van der Waals surface area contributed by atoms with Gasteiger partial charge in [-0.3, -0.25) is 4.79 Å². The van der Waals surface area contributed by atoms with Gasteiger partial charge in [-0.2, -0.15) is 0 Å². The summed E-state index contributed by atoms with van der Waals surface area (Å²) in [6.45, 7) is 1.94. The molecule has 1 aliphatic rings. The number of hydrogen-bond donors (Lipinski definition) is 0. The monoisotopic (exact) mass is 270 g/mol. The number of halogens is 2. The Morgan fingerprint density at radius 1 is 1.80 bits per heavy atom. The summed E-state index contributed by atoms with van der Waals surface area (Å²) in [6.07, 6.45) is 1.03. The van der Waals surface area contributed by atoms with Crippen LogP contribution >= 0.6 is 31.9 Å². The van der Waals surface area contributed by atoms with Crippen molar-refractivity contribution >= 4 is 37.8 Å². The quantitative estimate of drug-likeness (QED) is 0.568. The molecule has 0 aromatic carbocycles. The number of ether oxygens (including phenoxy) is 1. The summed E-state index contributed by atoms with van der Waals surface area (Å²) in [4.78, 5) is 10.3. The number of hydrogen-bond acceptors (Lipinski definition) is 2. The molecule has 0 bridgehead atoms. The minimum atomic E-state index is -0.206. The van der Waals surface area contributed by atoms with E-state index in [9.17, 15) is 4.79 Å². The van der Waals surface area contributed by atoms with Crippen LogP contribution in [0, 0.1) is 5.92 Å². The lowest BCUT2D eigenvalue weighted by molar-refractivity contribution is -0.141. The maximum Gasteiger partial charge on any atom is 0.302 e. The number of esters is 1. The summed E-state index contributed by atoms with van der Waals surface area (Å²) in [6, 6.07) is 0. The van der Waals surface area contributed by atoms with Crippen LogP contribution in [0.1, 0.15) is 13.3 Å². The van der Waals surface area contributed by atoms with Gasteiger partial charge in [0.25, 0.3) is 0 Å². The topological polar surface area (TPSA) is 26.3 Å². The van der Waals surface area contributed by atoms with E-state index >= 15 is 0 Å². The lowest BCUT2D eigenvalue weighted by Gasteiger charge is -2.00. The van der Waals surface area contributed by atoms with Gasteiger partial charge in [-0.15, -0.1) is 0 Å². The van der Waals surface area contributed by atoms with Gasteiger partial charge in [-0.25, -0.2) is 0 Å². The van der Waals surface area contributed by atoms with Crippen LogP contribution in [0.25, 0.3) is 0 Å². The third-order valence-corrected chi connectivity index (χ3v) is 3.39. The normalized spacial score (nSPS) is 27.7. The van der Waals surface area contributed by atoms with E-state index in [1.807, 2.05) is 0 Å². The van der Waals surface area contributed by atoms with Crippen molar-refractivity contribution in [1.29, 1.82) is 0 Å². The molecule has 4 heteroatoms. The summed E-state index contributed by atoms with van der Waals surface area (Å²) in [5.41, 5.74) is 0. The molecule has 0 aromatic rings. The zero-order chi connectivity index (χ0) is 7.78. The lowest BCUT2D eigenvalue weighted by Crippen LogP contribution is -2.04. The Kier molecular flexibility index (Phi) is 2.40. The summed E-state index contributed by atoms with van der Waals surface area (Å²) >= 11 is 6.86. The molecular weight excluding hydrogens is 264 g/mol. The van der Waals surface area contributed by atoms with Crippen LogP contribution in [0.4, 0.5) is 0 Å². The van der Waals surface area contributed by atoms with Crippen molar-refractivity contribution < 1.29 is 9.53 Å². The van der Waals surface area contributed by atoms with Crippen LogP contribution in [0.15, 0.2) is 0 Å². The zero-order valence-corrected chi connectivity index (χ0v) is 8.74. The molecule has 1 aliphatic carbocycles. The molecule has 1 rings (SSSR count). The minimum Gasteiger partial charge on any atom is -0.465 e. The number of carbonyl (C=O) groups excluding carboxylic acids is 1. The van der Waals surface area contributed by atoms with Gasteiger partial charge in [-0.05, 0) is 6.42 Å². The largest absolute Gasteiger partial charge is 0.465 e. The van der Waals surface area contributed by atoms with E-state index in [0.29, 0.717) is 12.5 Å². The fourth-order valence-corrected chi connectivity index (χ4v) is 1.71. The molecule has 0 aromatic heterocycles. The molecule has 0 radical (unpaired) electrons. The molecule has 1 unspecified atom stereocenters. The fraction of sp³-hybridized carbons (Fsp3) is 0.833. The lowest BCUT2D eigenvalue weighted by atomic mass is 10.5. The summed E-state index contributed by atoms with van der Waals surface area (Å²) in [5, 5.41) is 0. The molecule has 2 nitrogen and oxygen atoms in total. The highest BCUT2D eigenvalue weighted by Crippen LogP contribution is 2.56. The SMILES string of the molecule is CC(=O)OCC1CC1(Br)Br. The van der Waals surface area contributed by atoms with Gasteiger partial charge in [0.2, 0.25) is 0 Å². The van der Waals surface area contributed by atoms with E-state index in [0.717, 1.165) is 6.42 Å². The van der Waals surface area contributed by atoms with E-state index in [4.69, 9.17) is 4.74 Å². The first-order valence-electron chi connectivity index (χ1n) is 3.03. The Morgan fingerprint density at radius 3 is 2.60 bits per heavy atom. The standard InChI is InChI=1S/C6H8Br2O2/c1-4(9)10-3-5-2-6(5,7)8/h5H,2-3H2,1H3. The predicted molar refractivity (Wildman–Crippen MR) is 45.3 cm³/mol. The highest BCUT2D eigenvalue weighted by atomic mass is 79.9. The smallest absolute Gasteiger partial charge is 0.302 e. The van der Waals surface area contributed by atoms with Gasteiger partial charge in [0.05, 0.1) is 9.84 Å². The van der Waals surface area contributed by atoms with Crippen LogP contribution in [0.3, 0.4) is 0 Å². The molecule has 58 valence electrons. The van der Waals surface area contributed by atoms with Crippen molar-refractivity contribution in [3.63, 3.8) is 0 Å². The van der Waals surface area contributed by atoms with Crippen molar-refractivity contribution in [2.24, 2.45) is 5.92 Å². The van der Waals surface area contributed by atoms with Gasteiger partial charge < -0.3 is 4.74 Å². The average Bonchev–Trinajstić information content (AvgIpc) is 2.35. The second kappa shape index (κ2) is 2.81. The van der Waals surface area contributed by atoms with E-state index in [2.05, 4.69) is 31.9 Å². The van der Waals surface area contributed by atoms with Gasteiger partial charge in [0.15, 0.2) is 0 Å². The molecule has 0 heterocycles. The van der Waals surface area contributed by atoms with Gasteiger partial charge >= 0.3 is 5.97 Å². The van der Waals surface area contributed by atoms with Gasteiger partial charge in [0, 0.05) is 12.8 Å². The van der Waals surface area contributed by atoms with E-state index in [1.165, 1.54) is 6.92 Å². The maximum atomic E-state index is 10.3. The first kappa shape index (κ1) is 8.53. The summed E-state index contributed by atoms with van der Waals surface area (Å²) < 4.78 is 4.85. The first-order valence-corrected chi connectivity index (χ1v) is 4.62. The van der Waals surface area contributed by atoms with E-state index in [-0.39, 0.29) is 9.20 Å². The van der Waals surface area contributed by atoms with Crippen LogP contribution in [-0.2, 0) is 9.53 Å². The predicted octanol–water partition coefficient (Wildman–Crippen LogP) is 2.06. The highest BCUT2D eigenvalue weighted by Gasteiger charge is 2.50. The fourth-order valence-electron chi connectivity index (χ4n) is 0.668. The van der Waals surface area contributed by atoms with Crippen molar-refractivity contribution in [2.75, 3.05) is 6.61 Å². The molecule has 0 spiro atoms. The maximum absolute atomic E-state index is 10.3. The van der Waals surface area contributed by atoms with E-state index in [1.54, 1.807) is 0 Å². The Labute approximate surface area is 76.6 Å². The third-order valence-electron chi connectivity index (χ3n) is 1.44. The third kappa shape index (κ3) is 2.23. The molecule has 0 amide bonds. The molecule has 1 saturated carbocycles. The van der Waals surface area contributed by atoms with Gasteiger partial charge in [0.1, 0.15) is 0 Å². The van der Waals surface area contributed by atoms with E-state index < -0.39 is 0 Å². The number of rotatable bonds is 2.